The number of halogens is 2. The van der Waals surface area contributed by atoms with Gasteiger partial charge in [-0.15, -0.1) is 0 Å². The minimum atomic E-state index is 0.851. The third kappa shape index (κ3) is 24.8. The van der Waals surface area contributed by atoms with Crippen molar-refractivity contribution in [1.82, 2.24) is 0 Å². The fourth-order valence-corrected chi connectivity index (χ4v) is 1.83. The van der Waals surface area contributed by atoms with E-state index in [2.05, 4.69) is 52.6 Å². The largest absolute Gasteiger partial charge is 0.0928 e. The minimum absolute atomic E-state index is 0.851. The Morgan fingerprint density at radius 2 is 1.64 bits per heavy atom. The first-order valence-electron chi connectivity index (χ1n) is 4.30. The van der Waals surface area contributed by atoms with Crippen LogP contribution in [0.3, 0.4) is 0 Å². The molecule has 0 heterocycles. The molecule has 11 heavy (non-hydrogen) atoms. The van der Waals surface area contributed by atoms with Gasteiger partial charge in [-0.25, -0.2) is 0 Å². The molecule has 0 aromatic heterocycles. The second kappa shape index (κ2) is 13.5. The molecular weight excluding hydrogens is 268 g/mol. The molecule has 0 aliphatic heterocycles. The molecule has 0 bridgehead atoms. The van der Waals surface area contributed by atoms with Crippen LogP contribution in [0.25, 0.3) is 0 Å². The SMILES string of the molecule is CC(C)CCBr.CCCCBr. The molecule has 0 radical (unpaired) electrons. The predicted molar refractivity (Wildman–Crippen MR) is 62.0 cm³/mol. The molecule has 0 aromatic rings. The van der Waals surface area contributed by atoms with Crippen LogP contribution in [0.15, 0.2) is 0 Å². The van der Waals surface area contributed by atoms with Crippen molar-refractivity contribution in [3.8, 4) is 0 Å². The molecule has 0 rings (SSSR count). The Hall–Kier alpha value is 0.960. The molecule has 2 heteroatoms. The van der Waals surface area contributed by atoms with Crippen molar-refractivity contribution in [2.45, 2.75) is 40.0 Å². The van der Waals surface area contributed by atoms with Crippen molar-refractivity contribution < 1.29 is 0 Å². The lowest BCUT2D eigenvalue weighted by atomic mass is 10.2. The second-order valence-electron chi connectivity index (χ2n) is 2.91. The summed E-state index contributed by atoms with van der Waals surface area (Å²) in [6.45, 7) is 6.63. The molecule has 0 fully saturated rings. The molecule has 0 N–H and O–H groups in total. The maximum absolute atomic E-state index is 3.35. The van der Waals surface area contributed by atoms with Crippen molar-refractivity contribution in [3.05, 3.63) is 0 Å². The highest BCUT2D eigenvalue weighted by Crippen LogP contribution is 2.00. The zero-order valence-electron chi connectivity index (χ0n) is 7.87. The van der Waals surface area contributed by atoms with E-state index in [0.29, 0.717) is 0 Å². The molecule has 0 spiro atoms. The lowest BCUT2D eigenvalue weighted by Crippen LogP contribution is -1.84. The maximum Gasteiger partial charge on any atom is 0.00337 e. The normalized spacial score (nSPS) is 9.27. The van der Waals surface area contributed by atoms with Crippen molar-refractivity contribution in [2.24, 2.45) is 5.92 Å². The van der Waals surface area contributed by atoms with Crippen LogP contribution in [0.5, 0.6) is 0 Å². The van der Waals surface area contributed by atoms with E-state index in [4.69, 9.17) is 0 Å². The van der Waals surface area contributed by atoms with Gasteiger partial charge in [0.05, 0.1) is 0 Å². The smallest absolute Gasteiger partial charge is 0.00337 e. The van der Waals surface area contributed by atoms with Gasteiger partial charge in [-0.05, 0) is 18.8 Å². The van der Waals surface area contributed by atoms with Crippen LogP contribution in [0.2, 0.25) is 0 Å². The highest BCUT2D eigenvalue weighted by molar-refractivity contribution is 9.09. The van der Waals surface area contributed by atoms with Gasteiger partial charge in [0, 0.05) is 10.7 Å². The molecule has 0 saturated carbocycles. The average Bonchev–Trinajstić information content (AvgIpc) is 1.90. The molecule has 0 atom stereocenters. The molecule has 0 saturated heterocycles. The molecule has 0 amide bonds. The van der Waals surface area contributed by atoms with E-state index < -0.39 is 0 Å². The first-order valence-corrected chi connectivity index (χ1v) is 6.55. The number of hydrogen-bond acceptors (Lipinski definition) is 0. The summed E-state index contributed by atoms with van der Waals surface area (Å²) in [5.41, 5.74) is 0. The van der Waals surface area contributed by atoms with E-state index in [1.165, 1.54) is 19.3 Å². The molecule has 0 nitrogen and oxygen atoms in total. The summed E-state index contributed by atoms with van der Waals surface area (Å²) in [6, 6.07) is 0. The highest BCUT2D eigenvalue weighted by atomic mass is 79.9. The summed E-state index contributed by atoms with van der Waals surface area (Å²) in [7, 11) is 0. The Balaban J connectivity index is 0. The molecule has 0 aliphatic carbocycles. The zero-order valence-corrected chi connectivity index (χ0v) is 11.0. The Bertz CT molecular complexity index is 51.5. The molecular formula is C9H20Br2. The molecule has 0 unspecified atom stereocenters. The first-order chi connectivity index (χ1) is 5.18. The highest BCUT2D eigenvalue weighted by Gasteiger charge is 1.86. The predicted octanol–water partition coefficient (Wildman–Crippen LogP) is 4.61. The van der Waals surface area contributed by atoms with Crippen molar-refractivity contribution >= 4 is 31.9 Å². The number of alkyl halides is 2. The van der Waals surface area contributed by atoms with E-state index in [-0.39, 0.29) is 0 Å². The molecule has 70 valence electrons. The lowest BCUT2D eigenvalue weighted by molar-refractivity contribution is 0.634. The monoisotopic (exact) mass is 286 g/mol. The van der Waals surface area contributed by atoms with Crippen LogP contribution in [-0.2, 0) is 0 Å². The van der Waals surface area contributed by atoms with Crippen molar-refractivity contribution in [3.63, 3.8) is 0 Å². The van der Waals surface area contributed by atoms with E-state index in [1.807, 2.05) is 0 Å². The summed E-state index contributed by atoms with van der Waals surface area (Å²) >= 11 is 6.66. The first kappa shape index (κ1) is 14.5. The summed E-state index contributed by atoms with van der Waals surface area (Å²) < 4.78 is 0. The minimum Gasteiger partial charge on any atom is -0.0928 e. The Kier molecular flexibility index (Phi) is 17.8. The van der Waals surface area contributed by atoms with Gasteiger partial charge in [-0.3, -0.25) is 0 Å². The summed E-state index contributed by atoms with van der Waals surface area (Å²) in [4.78, 5) is 0. The fourth-order valence-electron chi connectivity index (χ4n) is 0.352. The Labute approximate surface area is 88.4 Å². The van der Waals surface area contributed by atoms with Crippen LogP contribution in [0.1, 0.15) is 40.0 Å². The number of rotatable bonds is 4. The second-order valence-corrected chi connectivity index (χ2v) is 4.50. The third-order valence-electron chi connectivity index (χ3n) is 1.17. The lowest BCUT2D eigenvalue weighted by Gasteiger charge is -1.94. The Morgan fingerprint density at radius 3 is 1.64 bits per heavy atom. The van der Waals surface area contributed by atoms with Crippen molar-refractivity contribution in [1.29, 1.82) is 0 Å². The van der Waals surface area contributed by atoms with E-state index in [1.54, 1.807) is 0 Å². The van der Waals surface area contributed by atoms with E-state index in [0.717, 1.165) is 16.6 Å². The standard InChI is InChI=1S/C5H11Br.C4H9Br/c1-5(2)3-4-6;1-2-3-4-5/h5H,3-4H2,1-2H3;2-4H2,1H3. The third-order valence-corrected chi connectivity index (χ3v) is 2.19. The quantitative estimate of drug-likeness (QED) is 0.663. The van der Waals surface area contributed by atoms with Gasteiger partial charge in [0.15, 0.2) is 0 Å². The summed E-state index contributed by atoms with van der Waals surface area (Å²) in [5.74, 6) is 0.851. The van der Waals surface area contributed by atoms with Crippen LogP contribution >= 0.6 is 31.9 Å². The average molecular weight is 288 g/mol. The molecule has 0 aromatic carbocycles. The maximum atomic E-state index is 3.35. The van der Waals surface area contributed by atoms with Gasteiger partial charge in [-0.1, -0.05) is 59.1 Å². The van der Waals surface area contributed by atoms with Crippen LogP contribution in [0.4, 0.5) is 0 Å². The van der Waals surface area contributed by atoms with Crippen molar-refractivity contribution in [2.75, 3.05) is 10.7 Å². The van der Waals surface area contributed by atoms with Gasteiger partial charge < -0.3 is 0 Å². The summed E-state index contributed by atoms with van der Waals surface area (Å²) in [6.07, 6.45) is 3.89. The van der Waals surface area contributed by atoms with E-state index >= 15 is 0 Å². The van der Waals surface area contributed by atoms with Gasteiger partial charge in [0.2, 0.25) is 0 Å². The van der Waals surface area contributed by atoms with E-state index in [9.17, 15) is 0 Å². The Morgan fingerprint density at radius 1 is 1.09 bits per heavy atom. The van der Waals surface area contributed by atoms with Gasteiger partial charge in [0.1, 0.15) is 0 Å². The van der Waals surface area contributed by atoms with Gasteiger partial charge >= 0.3 is 0 Å². The zero-order chi connectivity index (χ0) is 9.11. The summed E-state index contributed by atoms with van der Waals surface area (Å²) in [5, 5.41) is 2.30. The van der Waals surface area contributed by atoms with Gasteiger partial charge in [0.25, 0.3) is 0 Å². The van der Waals surface area contributed by atoms with Crippen LogP contribution < -0.4 is 0 Å². The van der Waals surface area contributed by atoms with Gasteiger partial charge in [-0.2, -0.15) is 0 Å². The van der Waals surface area contributed by atoms with Crippen LogP contribution in [-0.4, -0.2) is 10.7 Å². The van der Waals surface area contributed by atoms with Crippen LogP contribution in [0, 0.1) is 5.92 Å². The number of unbranched alkanes of at least 4 members (excludes halogenated alkanes) is 1. The number of hydrogen-bond donors (Lipinski definition) is 0. The topological polar surface area (TPSA) is 0 Å². The molecule has 0 aliphatic rings. The fraction of sp³-hybridized carbons (Fsp3) is 1.00.